The molecular weight excluding hydrogens is 306 g/mol. The number of carbonyl (C=O) groups is 1. The molecule has 0 radical (unpaired) electrons. The van der Waals surface area contributed by atoms with Crippen molar-refractivity contribution < 1.29 is 4.79 Å². The number of nitrogens with zero attached hydrogens (tertiary/aromatic N) is 6. The highest BCUT2D eigenvalue weighted by atomic mass is 16.2. The third-order valence-corrected chi connectivity index (χ3v) is 4.25. The van der Waals surface area contributed by atoms with E-state index in [1.165, 1.54) is 6.33 Å². The minimum Gasteiger partial charge on any atom is -0.341 e. The molecule has 24 heavy (non-hydrogen) atoms. The van der Waals surface area contributed by atoms with Crippen LogP contribution in [0.2, 0.25) is 0 Å². The number of aryl methyl sites for hydroxylation is 2. The molecular formula is C16H25N7O. The molecule has 0 saturated heterocycles. The maximum atomic E-state index is 12.5. The average Bonchev–Trinajstić information content (AvgIpc) is 3.12. The molecule has 1 amide bonds. The number of carbonyl (C=O) groups excluding carboxylic acids is 1. The fourth-order valence-corrected chi connectivity index (χ4v) is 3.06. The normalized spacial score (nSPS) is 16.5. The molecule has 0 bridgehead atoms. The van der Waals surface area contributed by atoms with Gasteiger partial charge in [0.2, 0.25) is 0 Å². The van der Waals surface area contributed by atoms with Gasteiger partial charge in [-0.25, -0.2) is 9.67 Å². The molecule has 0 spiro atoms. The number of nitrogens with one attached hydrogen (secondary N) is 1. The molecule has 1 atom stereocenters. The molecule has 3 heterocycles. The zero-order chi connectivity index (χ0) is 17.1. The van der Waals surface area contributed by atoms with Gasteiger partial charge < -0.3 is 10.2 Å². The lowest BCUT2D eigenvalue weighted by molar-refractivity contribution is 0.0931. The summed E-state index contributed by atoms with van der Waals surface area (Å²) in [6.45, 7) is 7.52. The monoisotopic (exact) mass is 331 g/mol. The van der Waals surface area contributed by atoms with Gasteiger partial charge >= 0.3 is 0 Å². The van der Waals surface area contributed by atoms with Crippen molar-refractivity contribution in [2.75, 3.05) is 13.6 Å². The van der Waals surface area contributed by atoms with Crippen LogP contribution in [-0.2, 0) is 19.6 Å². The summed E-state index contributed by atoms with van der Waals surface area (Å²) in [4.78, 5) is 19.1. The molecule has 0 aliphatic carbocycles. The van der Waals surface area contributed by atoms with Crippen molar-refractivity contribution >= 4 is 5.91 Å². The van der Waals surface area contributed by atoms with Gasteiger partial charge in [-0.1, -0.05) is 6.92 Å². The standard InChI is InChI=1S/C16H25N7O/c1-4-6-23-15(17-11-18-23)12(2)19-16(24)14-9-13-10-21(3)7-5-8-22(13)20-14/h9,11-12H,4-8,10H2,1-3H3,(H,19,24)/t12-/m1/s1. The van der Waals surface area contributed by atoms with Crippen LogP contribution in [0.5, 0.6) is 0 Å². The van der Waals surface area contributed by atoms with Crippen molar-refractivity contribution in [3.05, 3.63) is 29.6 Å². The number of rotatable bonds is 5. The van der Waals surface area contributed by atoms with Crippen molar-refractivity contribution in [2.24, 2.45) is 0 Å². The van der Waals surface area contributed by atoms with Crippen molar-refractivity contribution in [3.8, 4) is 0 Å². The van der Waals surface area contributed by atoms with Gasteiger partial charge in [0.15, 0.2) is 5.69 Å². The van der Waals surface area contributed by atoms with Crippen molar-refractivity contribution in [1.82, 2.24) is 34.8 Å². The van der Waals surface area contributed by atoms with Crippen LogP contribution < -0.4 is 5.32 Å². The molecule has 130 valence electrons. The first-order chi connectivity index (χ1) is 11.6. The van der Waals surface area contributed by atoms with E-state index in [9.17, 15) is 4.79 Å². The Morgan fingerprint density at radius 2 is 2.25 bits per heavy atom. The Morgan fingerprint density at radius 3 is 3.04 bits per heavy atom. The van der Waals surface area contributed by atoms with Crippen LogP contribution in [0.3, 0.4) is 0 Å². The Hall–Kier alpha value is -2.22. The van der Waals surface area contributed by atoms with Gasteiger partial charge in [-0.15, -0.1) is 0 Å². The van der Waals surface area contributed by atoms with Gasteiger partial charge in [0.05, 0.1) is 11.7 Å². The summed E-state index contributed by atoms with van der Waals surface area (Å²) in [5.41, 5.74) is 1.55. The number of hydrogen-bond acceptors (Lipinski definition) is 5. The van der Waals surface area contributed by atoms with Gasteiger partial charge in [-0.2, -0.15) is 10.2 Å². The lowest BCUT2D eigenvalue weighted by Crippen LogP contribution is -2.29. The number of aromatic nitrogens is 5. The van der Waals surface area contributed by atoms with E-state index in [4.69, 9.17) is 0 Å². The van der Waals surface area contributed by atoms with E-state index in [2.05, 4.69) is 39.4 Å². The molecule has 0 fully saturated rings. The second kappa shape index (κ2) is 7.12. The summed E-state index contributed by atoms with van der Waals surface area (Å²) in [6.07, 6.45) is 3.55. The first kappa shape index (κ1) is 16.6. The van der Waals surface area contributed by atoms with Gasteiger partial charge in [-0.3, -0.25) is 9.48 Å². The summed E-state index contributed by atoms with van der Waals surface area (Å²) in [7, 11) is 2.09. The van der Waals surface area contributed by atoms with Gasteiger partial charge in [-0.05, 0) is 32.9 Å². The summed E-state index contributed by atoms with van der Waals surface area (Å²) >= 11 is 0. The van der Waals surface area contributed by atoms with Crippen LogP contribution in [0.25, 0.3) is 0 Å². The van der Waals surface area contributed by atoms with Crippen LogP contribution >= 0.6 is 0 Å². The predicted molar refractivity (Wildman–Crippen MR) is 89.4 cm³/mol. The topological polar surface area (TPSA) is 80.9 Å². The minimum atomic E-state index is -0.212. The summed E-state index contributed by atoms with van der Waals surface area (Å²) in [5, 5.41) is 11.7. The molecule has 0 saturated carbocycles. The van der Waals surface area contributed by atoms with Crippen LogP contribution in [0.1, 0.15) is 54.7 Å². The van der Waals surface area contributed by atoms with Crippen LogP contribution in [0.15, 0.2) is 12.4 Å². The van der Waals surface area contributed by atoms with E-state index in [0.29, 0.717) is 5.69 Å². The molecule has 0 unspecified atom stereocenters. The van der Waals surface area contributed by atoms with Gasteiger partial charge in [0.25, 0.3) is 5.91 Å². The maximum Gasteiger partial charge on any atom is 0.272 e. The highest BCUT2D eigenvalue weighted by Gasteiger charge is 2.21. The van der Waals surface area contributed by atoms with Crippen molar-refractivity contribution in [2.45, 2.75) is 52.4 Å². The third kappa shape index (κ3) is 3.48. The number of amides is 1. The summed E-state index contributed by atoms with van der Waals surface area (Å²) in [6, 6.07) is 1.68. The lowest BCUT2D eigenvalue weighted by Gasteiger charge is -2.13. The predicted octanol–water partition coefficient (Wildman–Crippen LogP) is 1.21. The van der Waals surface area contributed by atoms with E-state index >= 15 is 0 Å². The van der Waals surface area contributed by atoms with E-state index in [1.54, 1.807) is 0 Å². The highest BCUT2D eigenvalue weighted by Crippen LogP contribution is 2.14. The average molecular weight is 331 g/mol. The van der Waals surface area contributed by atoms with Crippen LogP contribution in [0, 0.1) is 0 Å². The second-order valence-corrected chi connectivity index (χ2v) is 6.37. The van der Waals surface area contributed by atoms with E-state index in [-0.39, 0.29) is 11.9 Å². The fraction of sp³-hybridized carbons (Fsp3) is 0.625. The SMILES string of the molecule is CCCn1ncnc1[C@@H](C)NC(=O)c1cc2n(n1)CCCN(C)C2. The summed E-state index contributed by atoms with van der Waals surface area (Å²) < 4.78 is 3.78. The second-order valence-electron chi connectivity index (χ2n) is 6.37. The Morgan fingerprint density at radius 1 is 1.42 bits per heavy atom. The van der Waals surface area contributed by atoms with Crippen molar-refractivity contribution in [1.29, 1.82) is 0 Å². The zero-order valence-corrected chi connectivity index (χ0v) is 14.6. The Labute approximate surface area is 141 Å². The minimum absolute atomic E-state index is 0.170. The van der Waals surface area contributed by atoms with E-state index < -0.39 is 0 Å². The van der Waals surface area contributed by atoms with Crippen molar-refractivity contribution in [3.63, 3.8) is 0 Å². The molecule has 3 rings (SSSR count). The fourth-order valence-electron chi connectivity index (χ4n) is 3.06. The van der Waals surface area contributed by atoms with E-state index in [0.717, 1.165) is 50.5 Å². The van der Waals surface area contributed by atoms with E-state index in [1.807, 2.05) is 22.4 Å². The first-order valence-corrected chi connectivity index (χ1v) is 8.52. The van der Waals surface area contributed by atoms with Gasteiger partial charge in [0.1, 0.15) is 12.2 Å². The molecule has 2 aromatic heterocycles. The molecule has 1 aliphatic heterocycles. The summed E-state index contributed by atoms with van der Waals surface area (Å²) in [5.74, 6) is 0.600. The molecule has 2 aromatic rings. The quantitative estimate of drug-likeness (QED) is 0.891. The third-order valence-electron chi connectivity index (χ3n) is 4.25. The Balaban J connectivity index is 1.71. The zero-order valence-electron chi connectivity index (χ0n) is 14.6. The Bertz CT molecular complexity index is 705. The molecule has 1 N–H and O–H groups in total. The first-order valence-electron chi connectivity index (χ1n) is 8.52. The molecule has 1 aliphatic rings. The van der Waals surface area contributed by atoms with Crippen LogP contribution in [-0.4, -0.2) is 48.9 Å². The maximum absolute atomic E-state index is 12.5. The molecule has 8 nitrogen and oxygen atoms in total. The number of fused-ring (bicyclic) bond motifs is 1. The molecule has 0 aromatic carbocycles. The number of hydrogen-bond donors (Lipinski definition) is 1. The lowest BCUT2D eigenvalue weighted by atomic mass is 10.2. The smallest absolute Gasteiger partial charge is 0.272 e. The van der Waals surface area contributed by atoms with Crippen LogP contribution in [0.4, 0.5) is 0 Å². The Kier molecular flexibility index (Phi) is 4.94. The van der Waals surface area contributed by atoms with Gasteiger partial charge in [0, 0.05) is 26.2 Å². The highest BCUT2D eigenvalue weighted by molar-refractivity contribution is 5.92. The largest absolute Gasteiger partial charge is 0.341 e. The molecule has 8 heteroatoms.